The zero-order valence-corrected chi connectivity index (χ0v) is 16.7. The first-order chi connectivity index (χ1) is 14.5. The van der Waals surface area contributed by atoms with Crippen LogP contribution in [0, 0.1) is 5.82 Å². The average molecular weight is 404 g/mol. The number of halogens is 1. The van der Waals surface area contributed by atoms with E-state index in [4.69, 9.17) is 10.5 Å². The molecule has 0 saturated carbocycles. The number of nitrogens with two attached hydrogens (primary N) is 1. The molecule has 2 N–H and O–H groups in total. The standard InChI is InChI=1S/C22H21FN6O/c1-3-28-21-14(12-27-28)8-17-6-7-26-29(17)19-5-4-16(23)10-18(19)13(2)30-20-9-15(21)11-25-22(20)24/h4-7,9-13H,3,8H2,1-2H3,(H2,24,25)/t13-/m1/s1. The fourth-order valence-electron chi connectivity index (χ4n) is 3.98. The van der Waals surface area contributed by atoms with Crippen LogP contribution in [0.2, 0.25) is 0 Å². The van der Waals surface area contributed by atoms with Crippen molar-refractivity contribution in [3.63, 3.8) is 0 Å². The van der Waals surface area contributed by atoms with Crippen molar-refractivity contribution in [1.29, 1.82) is 0 Å². The van der Waals surface area contributed by atoms with Crippen molar-refractivity contribution in [3.05, 3.63) is 71.6 Å². The first kappa shape index (κ1) is 18.4. The zero-order valence-electron chi connectivity index (χ0n) is 16.7. The molecular weight excluding hydrogens is 383 g/mol. The van der Waals surface area contributed by atoms with Gasteiger partial charge in [0, 0.05) is 47.7 Å². The van der Waals surface area contributed by atoms with Gasteiger partial charge in [0.2, 0.25) is 0 Å². The minimum absolute atomic E-state index is 0.282. The Kier molecular flexibility index (Phi) is 4.27. The average Bonchev–Trinajstić information content (AvgIpc) is 3.36. The van der Waals surface area contributed by atoms with Gasteiger partial charge in [-0.1, -0.05) is 0 Å². The van der Waals surface area contributed by atoms with E-state index in [1.807, 2.05) is 41.5 Å². The Bertz CT molecular complexity index is 1240. The fourth-order valence-corrected chi connectivity index (χ4v) is 3.98. The Morgan fingerprint density at radius 3 is 2.90 bits per heavy atom. The molecule has 0 spiro atoms. The van der Waals surface area contributed by atoms with Gasteiger partial charge in [-0.05, 0) is 44.2 Å². The summed E-state index contributed by atoms with van der Waals surface area (Å²) in [6, 6.07) is 8.47. The smallest absolute Gasteiger partial charge is 0.166 e. The summed E-state index contributed by atoms with van der Waals surface area (Å²) < 4.78 is 24.1. The van der Waals surface area contributed by atoms with E-state index in [0.29, 0.717) is 24.3 Å². The van der Waals surface area contributed by atoms with Gasteiger partial charge in [0.05, 0.1) is 17.6 Å². The van der Waals surface area contributed by atoms with Crippen LogP contribution in [0.3, 0.4) is 0 Å². The van der Waals surface area contributed by atoms with E-state index in [2.05, 4.69) is 15.2 Å². The van der Waals surface area contributed by atoms with Crippen molar-refractivity contribution in [2.24, 2.45) is 0 Å². The lowest BCUT2D eigenvalue weighted by molar-refractivity contribution is 0.226. The van der Waals surface area contributed by atoms with Crippen molar-refractivity contribution >= 4 is 5.82 Å². The van der Waals surface area contributed by atoms with E-state index in [1.54, 1.807) is 18.5 Å². The van der Waals surface area contributed by atoms with Gasteiger partial charge in [0.15, 0.2) is 11.6 Å². The van der Waals surface area contributed by atoms with Gasteiger partial charge in [-0.15, -0.1) is 0 Å². The molecule has 7 nitrogen and oxygen atoms in total. The summed E-state index contributed by atoms with van der Waals surface area (Å²) in [5.41, 5.74) is 11.4. The molecule has 1 aliphatic heterocycles. The normalized spacial score (nSPS) is 15.2. The molecule has 2 bridgehead atoms. The summed E-state index contributed by atoms with van der Waals surface area (Å²) in [5, 5.41) is 9.06. The van der Waals surface area contributed by atoms with Gasteiger partial charge in [-0.25, -0.2) is 14.1 Å². The Hall–Kier alpha value is -3.68. The topological polar surface area (TPSA) is 83.8 Å². The van der Waals surface area contributed by atoms with Crippen LogP contribution in [-0.4, -0.2) is 24.5 Å². The second kappa shape index (κ2) is 6.98. The van der Waals surface area contributed by atoms with Crippen molar-refractivity contribution in [3.8, 4) is 22.7 Å². The molecule has 0 radical (unpaired) electrons. The molecule has 1 aromatic carbocycles. The third-order valence-corrected chi connectivity index (χ3v) is 5.42. The molecule has 0 fully saturated rings. The molecule has 5 rings (SSSR count). The molecule has 4 aromatic rings. The number of benzene rings is 1. The SMILES string of the molecule is CCn1ncc2c1-c1cnc(N)c(c1)O[C@H](C)c1cc(F)ccc1-n1nccc1C2. The van der Waals surface area contributed by atoms with Crippen molar-refractivity contribution in [2.75, 3.05) is 5.73 Å². The maximum Gasteiger partial charge on any atom is 0.166 e. The molecule has 1 aliphatic rings. The number of pyridine rings is 1. The van der Waals surface area contributed by atoms with Gasteiger partial charge < -0.3 is 10.5 Å². The lowest BCUT2D eigenvalue weighted by Gasteiger charge is -2.21. The van der Waals surface area contributed by atoms with E-state index >= 15 is 0 Å². The van der Waals surface area contributed by atoms with Gasteiger partial charge in [-0.2, -0.15) is 10.2 Å². The molecule has 8 heteroatoms. The third kappa shape index (κ3) is 2.92. The number of ether oxygens (including phenoxy) is 1. The Morgan fingerprint density at radius 1 is 1.20 bits per heavy atom. The van der Waals surface area contributed by atoms with Crippen LogP contribution in [-0.2, 0) is 13.0 Å². The second-order valence-corrected chi connectivity index (χ2v) is 7.32. The maximum atomic E-state index is 14.1. The number of anilines is 1. The summed E-state index contributed by atoms with van der Waals surface area (Å²) in [5.74, 6) is 0.395. The van der Waals surface area contributed by atoms with E-state index in [0.717, 1.165) is 28.2 Å². The van der Waals surface area contributed by atoms with Crippen molar-refractivity contribution in [2.45, 2.75) is 32.9 Å². The molecule has 3 aromatic heterocycles. The van der Waals surface area contributed by atoms with Crippen molar-refractivity contribution < 1.29 is 9.13 Å². The monoisotopic (exact) mass is 404 g/mol. The minimum atomic E-state index is -0.470. The van der Waals surface area contributed by atoms with Crippen LogP contribution in [0.1, 0.15) is 36.8 Å². The number of aryl methyl sites for hydroxylation is 1. The number of hydrogen-bond acceptors (Lipinski definition) is 5. The zero-order chi connectivity index (χ0) is 20.8. The highest BCUT2D eigenvalue weighted by Crippen LogP contribution is 2.35. The molecule has 152 valence electrons. The number of fused-ring (bicyclic) bond motifs is 7. The van der Waals surface area contributed by atoms with Gasteiger partial charge >= 0.3 is 0 Å². The fraction of sp³-hybridized carbons (Fsp3) is 0.227. The highest BCUT2D eigenvalue weighted by Gasteiger charge is 2.22. The Morgan fingerprint density at radius 2 is 2.07 bits per heavy atom. The van der Waals surface area contributed by atoms with Crippen LogP contribution < -0.4 is 10.5 Å². The van der Waals surface area contributed by atoms with E-state index in [9.17, 15) is 4.39 Å². The highest BCUT2D eigenvalue weighted by molar-refractivity contribution is 5.67. The third-order valence-electron chi connectivity index (χ3n) is 5.42. The summed E-state index contributed by atoms with van der Waals surface area (Å²) in [7, 11) is 0. The highest BCUT2D eigenvalue weighted by atomic mass is 19.1. The predicted octanol–water partition coefficient (Wildman–Crippen LogP) is 3.92. The predicted molar refractivity (Wildman–Crippen MR) is 111 cm³/mol. The first-order valence-corrected chi connectivity index (χ1v) is 9.85. The summed E-state index contributed by atoms with van der Waals surface area (Å²) in [6.45, 7) is 4.62. The molecular formula is C22H21FN6O. The number of nitrogen functional groups attached to an aromatic ring is 1. The van der Waals surface area contributed by atoms with Crippen LogP contribution in [0.5, 0.6) is 5.75 Å². The number of hydrogen-bond donors (Lipinski definition) is 1. The van der Waals surface area contributed by atoms with Gasteiger partial charge in [0.1, 0.15) is 11.9 Å². The Balaban J connectivity index is 1.79. The molecule has 1 atom stereocenters. The molecule has 0 saturated heterocycles. The van der Waals surface area contributed by atoms with E-state index < -0.39 is 6.10 Å². The van der Waals surface area contributed by atoms with Crippen LogP contribution in [0.15, 0.2) is 48.9 Å². The van der Waals surface area contributed by atoms with Crippen LogP contribution in [0.25, 0.3) is 16.9 Å². The molecule has 0 amide bonds. The van der Waals surface area contributed by atoms with Crippen LogP contribution >= 0.6 is 0 Å². The Labute approximate surface area is 172 Å². The van der Waals surface area contributed by atoms with E-state index in [-0.39, 0.29) is 11.6 Å². The lowest BCUT2D eigenvalue weighted by Crippen LogP contribution is -2.13. The summed E-state index contributed by atoms with van der Waals surface area (Å²) >= 11 is 0. The minimum Gasteiger partial charge on any atom is -0.482 e. The molecule has 0 aliphatic carbocycles. The molecule has 0 unspecified atom stereocenters. The summed E-state index contributed by atoms with van der Waals surface area (Å²) in [4.78, 5) is 4.34. The van der Waals surface area contributed by atoms with Crippen LogP contribution in [0.4, 0.5) is 10.2 Å². The largest absolute Gasteiger partial charge is 0.482 e. The van der Waals surface area contributed by atoms with Crippen molar-refractivity contribution in [1.82, 2.24) is 24.5 Å². The number of aromatic nitrogens is 5. The van der Waals surface area contributed by atoms with E-state index in [1.165, 1.54) is 12.1 Å². The number of rotatable bonds is 1. The lowest BCUT2D eigenvalue weighted by atomic mass is 10.0. The van der Waals surface area contributed by atoms with Gasteiger partial charge in [0.25, 0.3) is 0 Å². The first-order valence-electron chi connectivity index (χ1n) is 9.85. The maximum absolute atomic E-state index is 14.1. The molecule has 4 heterocycles. The quantitative estimate of drug-likeness (QED) is 0.520. The number of nitrogens with zero attached hydrogens (tertiary/aromatic N) is 5. The summed E-state index contributed by atoms with van der Waals surface area (Å²) in [6.07, 6.45) is 5.49. The molecule has 30 heavy (non-hydrogen) atoms. The second-order valence-electron chi connectivity index (χ2n) is 7.32. The van der Waals surface area contributed by atoms with Gasteiger partial charge in [-0.3, -0.25) is 4.68 Å².